The van der Waals surface area contributed by atoms with Crippen molar-refractivity contribution in [3.05, 3.63) is 40.4 Å². The molecule has 0 aliphatic heterocycles. The Morgan fingerprint density at radius 1 is 1.16 bits per heavy atom. The Labute approximate surface area is 152 Å². The van der Waals surface area contributed by atoms with E-state index >= 15 is 0 Å². The van der Waals surface area contributed by atoms with Crippen molar-refractivity contribution in [1.82, 2.24) is 4.98 Å². The van der Waals surface area contributed by atoms with E-state index < -0.39 is 20.5 Å². The summed E-state index contributed by atoms with van der Waals surface area (Å²) in [5.41, 5.74) is 2.74. The lowest BCUT2D eigenvalue weighted by molar-refractivity contribution is -0.118. The van der Waals surface area contributed by atoms with Crippen LogP contribution in [-0.2, 0) is 14.6 Å². The quantitative estimate of drug-likeness (QED) is 0.878. The average molecular weight is 379 g/mol. The predicted molar refractivity (Wildman–Crippen MR) is 99.8 cm³/mol. The highest BCUT2D eigenvalue weighted by molar-refractivity contribution is 7.93. The zero-order chi connectivity index (χ0) is 18.2. The third-order valence-corrected chi connectivity index (χ3v) is 8.34. The molecule has 2 aromatic rings. The van der Waals surface area contributed by atoms with E-state index in [2.05, 4.69) is 10.3 Å². The molecular formula is C18H22N2O3S2. The minimum Gasteiger partial charge on any atom is -0.301 e. The summed E-state index contributed by atoms with van der Waals surface area (Å²) >= 11 is 1.31. The molecule has 1 fully saturated rings. The maximum atomic E-state index is 13.4. The number of rotatable bonds is 4. The number of aryl methyl sites for hydroxylation is 3. The van der Waals surface area contributed by atoms with Gasteiger partial charge in [-0.25, -0.2) is 13.4 Å². The molecule has 0 radical (unpaired) electrons. The number of aromatic nitrogens is 1. The molecule has 0 unspecified atom stereocenters. The third-order valence-electron chi connectivity index (χ3n) is 4.97. The Kier molecular flexibility index (Phi) is 4.72. The number of thiazole rings is 1. The molecule has 1 heterocycles. The number of hydrogen-bond acceptors (Lipinski definition) is 5. The first-order valence-electron chi connectivity index (χ1n) is 8.32. The first kappa shape index (κ1) is 18.1. The molecule has 134 valence electrons. The number of hydrogen-bond donors (Lipinski definition) is 1. The van der Waals surface area contributed by atoms with E-state index in [9.17, 15) is 13.2 Å². The van der Waals surface area contributed by atoms with Crippen LogP contribution in [0.1, 0.15) is 42.5 Å². The molecule has 25 heavy (non-hydrogen) atoms. The number of carbonyl (C=O) groups is 1. The van der Waals surface area contributed by atoms with E-state index in [4.69, 9.17) is 0 Å². The molecule has 1 amide bonds. The summed E-state index contributed by atoms with van der Waals surface area (Å²) < 4.78 is 25.3. The number of nitrogens with one attached hydrogen (secondary N) is 1. The lowest BCUT2D eigenvalue weighted by Crippen LogP contribution is -2.47. The van der Waals surface area contributed by atoms with Gasteiger partial charge in [-0.15, -0.1) is 11.3 Å². The van der Waals surface area contributed by atoms with Crippen LogP contribution in [0.15, 0.2) is 28.5 Å². The highest BCUT2D eigenvalue weighted by Gasteiger charge is 2.53. The number of benzene rings is 1. The normalized spacial score (nSPS) is 16.8. The zero-order valence-electron chi connectivity index (χ0n) is 14.6. The smallest absolute Gasteiger partial charge is 0.248 e. The summed E-state index contributed by atoms with van der Waals surface area (Å²) in [5.74, 6) is -0.461. The topological polar surface area (TPSA) is 76.1 Å². The van der Waals surface area contributed by atoms with Crippen LogP contribution in [0, 0.1) is 20.8 Å². The van der Waals surface area contributed by atoms with Gasteiger partial charge in [0.2, 0.25) is 5.91 Å². The molecule has 1 aromatic carbocycles. The van der Waals surface area contributed by atoms with Gasteiger partial charge in [-0.3, -0.25) is 4.79 Å². The molecule has 3 rings (SSSR count). The van der Waals surface area contributed by atoms with Crippen molar-refractivity contribution in [3.63, 3.8) is 0 Å². The lowest BCUT2D eigenvalue weighted by atomic mass is 10.1. The summed E-state index contributed by atoms with van der Waals surface area (Å²) in [6.45, 7) is 5.66. The van der Waals surface area contributed by atoms with Gasteiger partial charge in [0.25, 0.3) is 0 Å². The second kappa shape index (κ2) is 6.53. The van der Waals surface area contributed by atoms with E-state index in [0.717, 1.165) is 29.7 Å². The van der Waals surface area contributed by atoms with E-state index in [1.807, 2.05) is 26.2 Å². The van der Waals surface area contributed by atoms with E-state index in [1.54, 1.807) is 18.2 Å². The second-order valence-electron chi connectivity index (χ2n) is 6.70. The van der Waals surface area contributed by atoms with Crippen molar-refractivity contribution >= 4 is 32.2 Å². The fourth-order valence-corrected chi connectivity index (χ4v) is 6.13. The van der Waals surface area contributed by atoms with Crippen molar-refractivity contribution in [1.29, 1.82) is 0 Å². The van der Waals surface area contributed by atoms with Gasteiger partial charge in [-0.1, -0.05) is 18.9 Å². The lowest BCUT2D eigenvalue weighted by Gasteiger charge is -2.27. The van der Waals surface area contributed by atoms with Gasteiger partial charge in [0.05, 0.1) is 10.6 Å². The molecule has 1 saturated carbocycles. The van der Waals surface area contributed by atoms with Crippen LogP contribution in [0.4, 0.5) is 5.13 Å². The molecular weight excluding hydrogens is 356 g/mol. The summed E-state index contributed by atoms with van der Waals surface area (Å²) in [7, 11) is -3.79. The van der Waals surface area contributed by atoms with Crippen LogP contribution < -0.4 is 5.32 Å². The average Bonchev–Trinajstić information content (AvgIpc) is 3.20. The van der Waals surface area contributed by atoms with Gasteiger partial charge in [0.1, 0.15) is 0 Å². The van der Waals surface area contributed by atoms with Gasteiger partial charge >= 0.3 is 0 Å². The van der Waals surface area contributed by atoms with Crippen LogP contribution >= 0.6 is 11.3 Å². The number of anilines is 1. The van der Waals surface area contributed by atoms with Gasteiger partial charge < -0.3 is 5.32 Å². The summed E-state index contributed by atoms with van der Waals surface area (Å²) in [5, 5.41) is 5.01. The fraction of sp³-hybridized carbons (Fsp3) is 0.444. The number of sulfone groups is 1. The number of nitrogens with zero attached hydrogens (tertiary/aromatic N) is 1. The van der Waals surface area contributed by atoms with Crippen LogP contribution in [0.2, 0.25) is 0 Å². The third kappa shape index (κ3) is 3.11. The molecule has 7 heteroatoms. The summed E-state index contributed by atoms with van der Waals surface area (Å²) in [6, 6.07) is 5.08. The van der Waals surface area contributed by atoms with E-state index in [0.29, 0.717) is 18.0 Å². The Bertz CT molecular complexity index is 910. The van der Waals surface area contributed by atoms with Crippen molar-refractivity contribution in [3.8, 4) is 0 Å². The predicted octanol–water partition coefficient (Wildman–Crippen LogP) is 3.79. The van der Waals surface area contributed by atoms with E-state index in [1.165, 1.54) is 11.3 Å². The molecule has 1 aliphatic carbocycles. The van der Waals surface area contributed by atoms with Gasteiger partial charge in [0.15, 0.2) is 19.7 Å². The van der Waals surface area contributed by atoms with Crippen LogP contribution in [0.5, 0.6) is 0 Å². The van der Waals surface area contributed by atoms with Gasteiger partial charge in [0, 0.05) is 5.38 Å². The van der Waals surface area contributed by atoms with Crippen molar-refractivity contribution in [2.24, 2.45) is 0 Å². The second-order valence-corrected chi connectivity index (χ2v) is 9.82. The van der Waals surface area contributed by atoms with Crippen LogP contribution in [0.3, 0.4) is 0 Å². The molecule has 0 spiro atoms. The number of carbonyl (C=O) groups excluding carboxylic acids is 1. The molecule has 1 aliphatic rings. The Hall–Kier alpha value is -1.73. The Balaban J connectivity index is 2.01. The maximum Gasteiger partial charge on any atom is 0.248 e. The first-order valence-corrected chi connectivity index (χ1v) is 10.7. The largest absolute Gasteiger partial charge is 0.301 e. The Morgan fingerprint density at radius 2 is 1.84 bits per heavy atom. The number of amides is 1. The molecule has 0 saturated heterocycles. The zero-order valence-corrected chi connectivity index (χ0v) is 16.3. The minimum absolute atomic E-state index is 0.225. The highest BCUT2D eigenvalue weighted by atomic mass is 32.2. The van der Waals surface area contributed by atoms with Crippen molar-refractivity contribution in [2.45, 2.75) is 56.1 Å². The highest BCUT2D eigenvalue weighted by Crippen LogP contribution is 2.42. The standard InChI is InChI=1S/C18H22N2O3S2/c1-12-6-7-15(10-13(12)2)25(22,23)18(8-4-5-9-18)16(21)20-17-19-14(3)11-24-17/h6-7,10-11H,4-5,8-9H2,1-3H3,(H,19,20,21). The van der Waals surface area contributed by atoms with Crippen LogP contribution in [-0.4, -0.2) is 24.1 Å². The minimum atomic E-state index is -3.79. The first-order chi connectivity index (χ1) is 11.8. The van der Waals surface area contributed by atoms with E-state index in [-0.39, 0.29) is 4.90 Å². The fourth-order valence-electron chi connectivity index (χ4n) is 3.29. The maximum absolute atomic E-state index is 13.4. The summed E-state index contributed by atoms with van der Waals surface area (Å²) in [6.07, 6.45) is 2.15. The summed E-state index contributed by atoms with van der Waals surface area (Å²) in [4.78, 5) is 17.4. The molecule has 0 atom stereocenters. The Morgan fingerprint density at radius 3 is 2.40 bits per heavy atom. The van der Waals surface area contributed by atoms with Gasteiger partial charge in [-0.2, -0.15) is 0 Å². The molecule has 5 nitrogen and oxygen atoms in total. The monoisotopic (exact) mass is 378 g/mol. The SMILES string of the molecule is Cc1csc(NC(=O)C2(S(=O)(=O)c3ccc(C)c(C)c3)CCCC2)n1. The van der Waals surface area contributed by atoms with Crippen LogP contribution in [0.25, 0.3) is 0 Å². The van der Waals surface area contributed by atoms with Crippen molar-refractivity contribution in [2.75, 3.05) is 5.32 Å². The van der Waals surface area contributed by atoms with Gasteiger partial charge in [-0.05, 0) is 56.9 Å². The molecule has 0 bridgehead atoms. The molecule has 1 N–H and O–H groups in total. The van der Waals surface area contributed by atoms with Crippen molar-refractivity contribution < 1.29 is 13.2 Å². The molecule has 1 aromatic heterocycles.